The number of aryl methyl sites for hydroxylation is 1. The fourth-order valence-electron chi connectivity index (χ4n) is 3.81. The Hall–Kier alpha value is -3.10. The van der Waals surface area contributed by atoms with E-state index in [1.54, 1.807) is 11.3 Å². The van der Waals surface area contributed by atoms with E-state index in [0.29, 0.717) is 10.7 Å². The van der Waals surface area contributed by atoms with Crippen LogP contribution in [0.4, 0.5) is 22.1 Å². The molecule has 0 atom stereocenters. The SMILES string of the molecule is COC(=O)c1c(NC(=S)Nc2ccc(N=Nc3ccccc3)cc2)sc2c1CCCCCC2. The molecule has 2 aromatic carbocycles. The Morgan fingerprint density at radius 1 is 0.909 bits per heavy atom. The molecule has 1 aliphatic rings. The van der Waals surface area contributed by atoms with Crippen molar-refractivity contribution in [1.82, 2.24) is 0 Å². The molecule has 0 spiro atoms. The molecule has 33 heavy (non-hydrogen) atoms. The Balaban J connectivity index is 1.44. The van der Waals surface area contributed by atoms with Gasteiger partial charge in [0.05, 0.1) is 24.0 Å². The van der Waals surface area contributed by atoms with E-state index >= 15 is 0 Å². The van der Waals surface area contributed by atoms with Crippen LogP contribution in [0, 0.1) is 0 Å². The van der Waals surface area contributed by atoms with Gasteiger partial charge in [0.15, 0.2) is 5.11 Å². The predicted octanol–water partition coefficient (Wildman–Crippen LogP) is 7.42. The van der Waals surface area contributed by atoms with Crippen LogP contribution < -0.4 is 10.6 Å². The van der Waals surface area contributed by atoms with E-state index in [-0.39, 0.29) is 5.97 Å². The molecule has 1 heterocycles. The standard InChI is InChI=1S/C25H26N4O2S2/c1-31-24(30)22-20-11-7-2-3-8-12-21(20)33-23(22)27-25(32)26-17-13-15-19(16-14-17)29-28-18-9-5-4-6-10-18/h4-6,9-10,13-16H,2-3,7-8,11-12H2,1H3,(H2,26,27,32). The highest BCUT2D eigenvalue weighted by Gasteiger charge is 2.25. The highest BCUT2D eigenvalue weighted by atomic mass is 32.1. The summed E-state index contributed by atoms with van der Waals surface area (Å²) in [5.41, 5.74) is 4.11. The van der Waals surface area contributed by atoms with Crippen molar-refractivity contribution in [3.05, 3.63) is 70.6 Å². The van der Waals surface area contributed by atoms with Crippen LogP contribution in [0.25, 0.3) is 0 Å². The quantitative estimate of drug-likeness (QED) is 0.227. The van der Waals surface area contributed by atoms with Gasteiger partial charge >= 0.3 is 5.97 Å². The molecule has 6 nitrogen and oxygen atoms in total. The van der Waals surface area contributed by atoms with Crippen molar-refractivity contribution in [1.29, 1.82) is 0 Å². The first-order chi connectivity index (χ1) is 16.1. The third-order valence-corrected chi connectivity index (χ3v) is 6.86. The molecule has 0 amide bonds. The van der Waals surface area contributed by atoms with E-state index < -0.39 is 0 Å². The van der Waals surface area contributed by atoms with Gasteiger partial charge in [0, 0.05) is 10.6 Å². The Kier molecular flexibility index (Phi) is 7.80. The maximum atomic E-state index is 12.6. The number of thiophene rings is 1. The molecule has 170 valence electrons. The van der Waals surface area contributed by atoms with Crippen LogP contribution in [0.3, 0.4) is 0 Å². The van der Waals surface area contributed by atoms with Gasteiger partial charge in [-0.05, 0) is 79.9 Å². The van der Waals surface area contributed by atoms with Gasteiger partial charge in [0.2, 0.25) is 0 Å². The van der Waals surface area contributed by atoms with Crippen LogP contribution in [-0.4, -0.2) is 18.2 Å². The molecule has 0 saturated heterocycles. The summed E-state index contributed by atoms with van der Waals surface area (Å²) >= 11 is 7.14. The van der Waals surface area contributed by atoms with Crippen molar-refractivity contribution in [3.63, 3.8) is 0 Å². The molecular formula is C25H26N4O2S2. The number of benzene rings is 2. The van der Waals surface area contributed by atoms with Crippen LogP contribution in [0.1, 0.15) is 46.5 Å². The van der Waals surface area contributed by atoms with Crippen molar-refractivity contribution in [2.75, 3.05) is 17.7 Å². The average molecular weight is 479 g/mol. The molecule has 0 bridgehead atoms. The molecule has 1 aromatic heterocycles. The zero-order valence-corrected chi connectivity index (χ0v) is 20.1. The molecule has 0 aliphatic heterocycles. The van der Waals surface area contributed by atoms with Crippen LogP contribution in [-0.2, 0) is 17.6 Å². The number of ether oxygens (including phenoxy) is 1. The second-order valence-corrected chi connectivity index (χ2v) is 9.29. The van der Waals surface area contributed by atoms with Gasteiger partial charge in [-0.15, -0.1) is 11.3 Å². The van der Waals surface area contributed by atoms with Gasteiger partial charge in [-0.3, -0.25) is 0 Å². The molecule has 0 fully saturated rings. The molecular weight excluding hydrogens is 452 g/mol. The van der Waals surface area contributed by atoms with Gasteiger partial charge in [0.1, 0.15) is 5.00 Å². The highest BCUT2D eigenvalue weighted by Crippen LogP contribution is 2.37. The number of hydrogen-bond acceptors (Lipinski definition) is 6. The van der Waals surface area contributed by atoms with Crippen molar-refractivity contribution >= 4 is 56.7 Å². The van der Waals surface area contributed by atoms with Crippen molar-refractivity contribution in [2.24, 2.45) is 10.2 Å². The maximum Gasteiger partial charge on any atom is 0.341 e. The Morgan fingerprint density at radius 2 is 1.58 bits per heavy atom. The second kappa shape index (κ2) is 11.2. The largest absolute Gasteiger partial charge is 0.465 e. The van der Waals surface area contributed by atoms with Gasteiger partial charge in [-0.2, -0.15) is 10.2 Å². The summed E-state index contributed by atoms with van der Waals surface area (Å²) in [6.45, 7) is 0. The number of rotatable bonds is 5. The Bertz CT molecular complexity index is 1140. The van der Waals surface area contributed by atoms with Crippen LogP contribution in [0.5, 0.6) is 0 Å². The number of hydrogen-bond donors (Lipinski definition) is 2. The minimum Gasteiger partial charge on any atom is -0.465 e. The first-order valence-corrected chi connectivity index (χ1v) is 12.2. The first kappa shape index (κ1) is 23.1. The van der Waals surface area contributed by atoms with Crippen LogP contribution in [0.2, 0.25) is 0 Å². The zero-order valence-electron chi connectivity index (χ0n) is 18.5. The van der Waals surface area contributed by atoms with E-state index in [0.717, 1.165) is 53.3 Å². The number of nitrogens with zero attached hydrogens (tertiary/aromatic N) is 2. The minimum absolute atomic E-state index is 0.313. The molecule has 3 aromatic rings. The smallest absolute Gasteiger partial charge is 0.341 e. The monoisotopic (exact) mass is 478 g/mol. The molecule has 1 aliphatic carbocycles. The van der Waals surface area contributed by atoms with Gasteiger partial charge in [-0.25, -0.2) is 4.79 Å². The van der Waals surface area contributed by atoms with Crippen LogP contribution in [0.15, 0.2) is 64.8 Å². The number of nitrogens with one attached hydrogen (secondary N) is 2. The third-order valence-electron chi connectivity index (χ3n) is 5.45. The molecule has 0 radical (unpaired) electrons. The number of carbonyl (C=O) groups excluding carboxylic acids is 1. The summed E-state index contributed by atoms with van der Waals surface area (Å²) < 4.78 is 5.09. The first-order valence-electron chi connectivity index (χ1n) is 11.0. The van der Waals surface area contributed by atoms with E-state index in [2.05, 4.69) is 20.9 Å². The predicted molar refractivity (Wildman–Crippen MR) is 138 cm³/mol. The minimum atomic E-state index is -0.313. The summed E-state index contributed by atoms with van der Waals surface area (Å²) in [4.78, 5) is 13.8. The fourth-order valence-corrected chi connectivity index (χ4v) is 5.38. The van der Waals surface area contributed by atoms with Gasteiger partial charge in [-0.1, -0.05) is 31.0 Å². The molecule has 8 heteroatoms. The summed E-state index contributed by atoms with van der Waals surface area (Å²) in [5, 5.41) is 16.1. The number of azo groups is 1. The third kappa shape index (κ3) is 6.03. The second-order valence-electron chi connectivity index (χ2n) is 7.78. The summed E-state index contributed by atoms with van der Waals surface area (Å²) in [6.07, 6.45) is 6.55. The molecule has 4 rings (SSSR count). The van der Waals surface area contributed by atoms with E-state index in [4.69, 9.17) is 17.0 Å². The fraction of sp³-hybridized carbons (Fsp3) is 0.280. The molecule has 0 unspecified atom stereocenters. The number of anilines is 2. The van der Waals surface area contributed by atoms with E-state index in [1.807, 2.05) is 54.6 Å². The normalized spacial score (nSPS) is 13.6. The number of thiocarbonyl (C=S) groups is 1. The Morgan fingerprint density at radius 3 is 2.27 bits per heavy atom. The van der Waals surface area contributed by atoms with Gasteiger partial charge < -0.3 is 15.4 Å². The lowest BCUT2D eigenvalue weighted by molar-refractivity contribution is 0.0601. The summed E-state index contributed by atoms with van der Waals surface area (Å²) in [6, 6.07) is 17.1. The number of fused-ring (bicyclic) bond motifs is 1. The highest BCUT2D eigenvalue weighted by molar-refractivity contribution is 7.80. The summed E-state index contributed by atoms with van der Waals surface area (Å²) in [7, 11) is 1.42. The lowest BCUT2D eigenvalue weighted by Gasteiger charge is -2.12. The lowest BCUT2D eigenvalue weighted by atomic mass is 9.96. The van der Waals surface area contributed by atoms with Gasteiger partial charge in [0.25, 0.3) is 0 Å². The topological polar surface area (TPSA) is 75.1 Å². The Labute approximate surface area is 203 Å². The van der Waals surface area contributed by atoms with Crippen molar-refractivity contribution in [3.8, 4) is 0 Å². The lowest BCUT2D eigenvalue weighted by Crippen LogP contribution is -2.20. The summed E-state index contributed by atoms with van der Waals surface area (Å²) in [5.74, 6) is -0.313. The van der Waals surface area contributed by atoms with E-state index in [1.165, 1.54) is 24.8 Å². The van der Waals surface area contributed by atoms with Crippen molar-refractivity contribution in [2.45, 2.75) is 38.5 Å². The maximum absolute atomic E-state index is 12.6. The molecule has 2 N–H and O–H groups in total. The average Bonchev–Trinajstić information content (AvgIpc) is 3.14. The van der Waals surface area contributed by atoms with E-state index in [9.17, 15) is 4.79 Å². The number of carbonyl (C=O) groups is 1. The zero-order chi connectivity index (χ0) is 23.0. The van der Waals surface area contributed by atoms with Crippen molar-refractivity contribution < 1.29 is 9.53 Å². The molecule has 0 saturated carbocycles. The van der Waals surface area contributed by atoms with Crippen LogP contribution >= 0.6 is 23.6 Å². The number of esters is 1. The number of methoxy groups -OCH3 is 1.